The summed E-state index contributed by atoms with van der Waals surface area (Å²) >= 11 is 0. The first-order valence-electron chi connectivity index (χ1n) is 6.29. The van der Waals surface area contributed by atoms with Gasteiger partial charge in [0.2, 0.25) is 0 Å². The SMILES string of the molecule is COC(=O)C(C)CN(C)Cc1cn2ccccc2n1. The molecule has 5 nitrogen and oxygen atoms in total. The topological polar surface area (TPSA) is 46.8 Å². The molecule has 0 aliphatic heterocycles. The highest BCUT2D eigenvalue weighted by Crippen LogP contribution is 2.08. The van der Waals surface area contributed by atoms with Crippen LogP contribution in [0.4, 0.5) is 0 Å². The van der Waals surface area contributed by atoms with Gasteiger partial charge in [-0.1, -0.05) is 13.0 Å². The van der Waals surface area contributed by atoms with Gasteiger partial charge in [-0.3, -0.25) is 9.69 Å². The van der Waals surface area contributed by atoms with Crippen molar-refractivity contribution >= 4 is 11.6 Å². The summed E-state index contributed by atoms with van der Waals surface area (Å²) in [6, 6.07) is 5.91. The van der Waals surface area contributed by atoms with Gasteiger partial charge in [0.1, 0.15) is 5.65 Å². The minimum absolute atomic E-state index is 0.132. The Morgan fingerprint density at radius 1 is 1.53 bits per heavy atom. The first kappa shape index (κ1) is 13.5. The molecule has 0 aliphatic rings. The molecule has 0 saturated carbocycles. The highest BCUT2D eigenvalue weighted by atomic mass is 16.5. The Bertz CT molecular complexity index is 532. The molecule has 19 heavy (non-hydrogen) atoms. The van der Waals surface area contributed by atoms with E-state index in [0.29, 0.717) is 13.1 Å². The Balaban J connectivity index is 1.98. The lowest BCUT2D eigenvalue weighted by Crippen LogP contribution is -2.29. The summed E-state index contributed by atoms with van der Waals surface area (Å²) in [5.41, 5.74) is 1.93. The summed E-state index contributed by atoms with van der Waals surface area (Å²) < 4.78 is 6.72. The van der Waals surface area contributed by atoms with Crippen molar-refractivity contribution in [2.45, 2.75) is 13.5 Å². The Morgan fingerprint density at radius 3 is 3.00 bits per heavy atom. The molecule has 0 spiro atoms. The number of imidazole rings is 1. The minimum Gasteiger partial charge on any atom is -0.469 e. The van der Waals surface area contributed by atoms with E-state index in [1.165, 1.54) is 7.11 Å². The maximum Gasteiger partial charge on any atom is 0.309 e. The van der Waals surface area contributed by atoms with E-state index >= 15 is 0 Å². The molecule has 2 aromatic rings. The summed E-state index contributed by atoms with van der Waals surface area (Å²) in [6.45, 7) is 3.23. The van der Waals surface area contributed by atoms with Crippen LogP contribution in [-0.4, -0.2) is 41.0 Å². The van der Waals surface area contributed by atoms with Crippen LogP contribution in [0, 0.1) is 5.92 Å². The number of ether oxygens (including phenoxy) is 1. The predicted octanol–water partition coefficient (Wildman–Crippen LogP) is 1.58. The van der Waals surface area contributed by atoms with Crippen LogP contribution < -0.4 is 0 Å². The molecule has 5 heteroatoms. The predicted molar refractivity (Wildman–Crippen MR) is 72.7 cm³/mol. The summed E-state index contributed by atoms with van der Waals surface area (Å²) in [6.07, 6.45) is 3.98. The summed E-state index contributed by atoms with van der Waals surface area (Å²) in [4.78, 5) is 18.0. The van der Waals surface area contributed by atoms with Crippen molar-refractivity contribution in [3.63, 3.8) is 0 Å². The zero-order chi connectivity index (χ0) is 13.8. The second-order valence-corrected chi connectivity index (χ2v) is 4.82. The van der Waals surface area contributed by atoms with Crippen molar-refractivity contribution in [3.8, 4) is 0 Å². The van der Waals surface area contributed by atoms with Crippen LogP contribution in [-0.2, 0) is 16.1 Å². The molecule has 2 heterocycles. The van der Waals surface area contributed by atoms with E-state index in [1.807, 2.05) is 49.0 Å². The molecule has 1 atom stereocenters. The zero-order valence-electron chi connectivity index (χ0n) is 11.5. The number of aromatic nitrogens is 2. The molecule has 0 N–H and O–H groups in total. The summed E-state index contributed by atoms with van der Waals surface area (Å²) in [5, 5.41) is 0. The van der Waals surface area contributed by atoms with Gasteiger partial charge in [0.25, 0.3) is 0 Å². The Morgan fingerprint density at radius 2 is 2.32 bits per heavy atom. The maximum absolute atomic E-state index is 11.4. The third-order valence-electron chi connectivity index (χ3n) is 3.03. The number of carbonyl (C=O) groups excluding carboxylic acids is 1. The van der Waals surface area contributed by atoms with Crippen LogP contribution in [0.1, 0.15) is 12.6 Å². The maximum atomic E-state index is 11.4. The fourth-order valence-electron chi connectivity index (χ4n) is 2.15. The van der Waals surface area contributed by atoms with Gasteiger partial charge in [-0.15, -0.1) is 0 Å². The largest absolute Gasteiger partial charge is 0.469 e. The molecular weight excluding hydrogens is 242 g/mol. The van der Waals surface area contributed by atoms with Crippen LogP contribution in [0.15, 0.2) is 30.6 Å². The molecule has 2 rings (SSSR count). The Hall–Kier alpha value is -1.88. The fourth-order valence-corrected chi connectivity index (χ4v) is 2.15. The quantitative estimate of drug-likeness (QED) is 0.767. The minimum atomic E-state index is -0.179. The van der Waals surface area contributed by atoms with Crippen molar-refractivity contribution in [2.24, 2.45) is 5.92 Å². The van der Waals surface area contributed by atoms with Crippen LogP contribution in [0.2, 0.25) is 0 Å². The standard InChI is InChI=1S/C14H19N3O2/c1-11(14(18)19-3)8-16(2)9-12-10-17-7-5-4-6-13(17)15-12/h4-7,10-11H,8-9H2,1-3H3. The highest BCUT2D eigenvalue weighted by molar-refractivity contribution is 5.72. The number of rotatable bonds is 5. The number of nitrogens with zero attached hydrogens (tertiary/aromatic N) is 3. The number of methoxy groups -OCH3 is 1. The number of esters is 1. The molecule has 1 unspecified atom stereocenters. The van der Waals surface area contributed by atoms with Gasteiger partial charge >= 0.3 is 5.97 Å². The van der Waals surface area contributed by atoms with E-state index < -0.39 is 0 Å². The van der Waals surface area contributed by atoms with E-state index in [-0.39, 0.29) is 11.9 Å². The normalized spacial score (nSPS) is 12.8. The van der Waals surface area contributed by atoms with Gasteiger partial charge in [-0.05, 0) is 19.2 Å². The van der Waals surface area contributed by atoms with Gasteiger partial charge in [-0.2, -0.15) is 0 Å². The molecule has 0 aromatic carbocycles. The van der Waals surface area contributed by atoms with Gasteiger partial charge in [0, 0.05) is 25.5 Å². The first-order valence-corrected chi connectivity index (χ1v) is 6.29. The molecule has 0 saturated heterocycles. The lowest BCUT2D eigenvalue weighted by atomic mass is 10.2. The first-order chi connectivity index (χ1) is 9.10. The third kappa shape index (κ3) is 3.32. The van der Waals surface area contributed by atoms with Crippen LogP contribution in [0.5, 0.6) is 0 Å². The summed E-state index contributed by atoms with van der Waals surface area (Å²) in [7, 11) is 3.39. The van der Waals surface area contributed by atoms with Crippen molar-refractivity contribution in [1.82, 2.24) is 14.3 Å². The molecule has 0 aliphatic carbocycles. The second-order valence-electron chi connectivity index (χ2n) is 4.82. The molecular formula is C14H19N3O2. The van der Waals surface area contributed by atoms with E-state index in [1.54, 1.807) is 0 Å². The average molecular weight is 261 g/mol. The van der Waals surface area contributed by atoms with E-state index in [4.69, 9.17) is 4.74 Å². The van der Waals surface area contributed by atoms with Crippen LogP contribution in [0.3, 0.4) is 0 Å². The number of hydrogen-bond donors (Lipinski definition) is 0. The van der Waals surface area contributed by atoms with Crippen LogP contribution >= 0.6 is 0 Å². The third-order valence-corrected chi connectivity index (χ3v) is 3.03. The molecule has 0 radical (unpaired) electrons. The van der Waals surface area contributed by atoms with Crippen molar-refractivity contribution in [1.29, 1.82) is 0 Å². The lowest BCUT2D eigenvalue weighted by Gasteiger charge is -2.18. The number of fused-ring (bicyclic) bond motifs is 1. The zero-order valence-corrected chi connectivity index (χ0v) is 11.5. The fraction of sp³-hybridized carbons (Fsp3) is 0.429. The van der Waals surface area contributed by atoms with E-state index in [0.717, 1.165) is 11.3 Å². The highest BCUT2D eigenvalue weighted by Gasteiger charge is 2.16. The van der Waals surface area contributed by atoms with Gasteiger partial charge in [0.05, 0.1) is 18.7 Å². The Kier molecular flexibility index (Phi) is 4.16. The average Bonchev–Trinajstić information content (AvgIpc) is 2.79. The van der Waals surface area contributed by atoms with Crippen molar-refractivity contribution in [2.75, 3.05) is 20.7 Å². The lowest BCUT2D eigenvalue weighted by molar-refractivity contribution is -0.145. The van der Waals surface area contributed by atoms with Gasteiger partial charge in [0.15, 0.2) is 0 Å². The smallest absolute Gasteiger partial charge is 0.309 e. The number of carbonyl (C=O) groups is 1. The van der Waals surface area contributed by atoms with E-state index in [9.17, 15) is 4.79 Å². The molecule has 2 aromatic heterocycles. The Labute approximate surface area is 112 Å². The van der Waals surface area contributed by atoms with Crippen molar-refractivity contribution < 1.29 is 9.53 Å². The monoisotopic (exact) mass is 261 g/mol. The second kappa shape index (κ2) is 5.84. The van der Waals surface area contributed by atoms with Crippen LogP contribution in [0.25, 0.3) is 5.65 Å². The van der Waals surface area contributed by atoms with Gasteiger partial charge < -0.3 is 9.14 Å². The van der Waals surface area contributed by atoms with Gasteiger partial charge in [-0.25, -0.2) is 4.98 Å². The molecule has 0 amide bonds. The molecule has 0 bridgehead atoms. The number of hydrogen-bond acceptors (Lipinski definition) is 4. The van der Waals surface area contributed by atoms with E-state index in [2.05, 4.69) is 9.88 Å². The molecule has 102 valence electrons. The molecule has 0 fully saturated rings. The number of pyridine rings is 1. The van der Waals surface area contributed by atoms with Crippen molar-refractivity contribution in [3.05, 3.63) is 36.3 Å². The summed E-state index contributed by atoms with van der Waals surface area (Å²) in [5.74, 6) is -0.311.